The average Bonchev–Trinajstić information content (AvgIpc) is 2.32. The van der Waals surface area contributed by atoms with Gasteiger partial charge < -0.3 is 10.1 Å². The molecule has 0 fully saturated rings. The molecule has 0 unspecified atom stereocenters. The molecule has 1 N–H and O–H groups in total. The number of hydrogen-bond acceptors (Lipinski definition) is 3. The maximum Gasteiger partial charge on any atom is 0.408 e. The molecule has 20 heavy (non-hydrogen) atoms. The van der Waals surface area contributed by atoms with Crippen molar-refractivity contribution in [1.29, 1.82) is 5.26 Å². The van der Waals surface area contributed by atoms with E-state index in [-0.39, 0.29) is 6.04 Å². The third kappa shape index (κ3) is 6.07. The van der Waals surface area contributed by atoms with E-state index in [0.717, 1.165) is 10.0 Å². The summed E-state index contributed by atoms with van der Waals surface area (Å²) in [6, 6.07) is 9.53. The lowest BCUT2D eigenvalue weighted by atomic mass is 10.0. The van der Waals surface area contributed by atoms with Crippen molar-refractivity contribution >= 4 is 22.0 Å². The third-order valence-electron chi connectivity index (χ3n) is 2.49. The molecule has 0 aliphatic rings. The van der Waals surface area contributed by atoms with E-state index in [4.69, 9.17) is 10.00 Å². The molecular formula is C15H19BrN2O2. The van der Waals surface area contributed by atoms with Crippen molar-refractivity contribution in [3.8, 4) is 6.07 Å². The van der Waals surface area contributed by atoms with Crippen molar-refractivity contribution in [2.75, 3.05) is 0 Å². The van der Waals surface area contributed by atoms with Gasteiger partial charge in [0.15, 0.2) is 0 Å². The molecule has 1 aromatic carbocycles. The van der Waals surface area contributed by atoms with Crippen molar-refractivity contribution in [3.63, 3.8) is 0 Å². The number of carbonyl (C=O) groups excluding carboxylic acids is 1. The van der Waals surface area contributed by atoms with Crippen LogP contribution in [-0.4, -0.2) is 11.7 Å². The minimum Gasteiger partial charge on any atom is -0.444 e. The maximum absolute atomic E-state index is 11.9. The summed E-state index contributed by atoms with van der Waals surface area (Å²) in [5.74, 6) is 0. The molecule has 0 bridgehead atoms. The standard InChI is InChI=1S/C15H19BrN2O2/c1-15(2,3)20-14(19)18-13(8-5-9-17)11-6-4-7-12(16)10-11/h4,6-7,10,13H,5,8H2,1-3H3,(H,18,19)/t13-/m0/s1. The van der Waals surface area contributed by atoms with E-state index in [0.29, 0.717) is 12.8 Å². The Morgan fingerprint density at radius 3 is 2.75 bits per heavy atom. The number of alkyl carbamates (subject to hydrolysis) is 1. The first kappa shape index (κ1) is 16.5. The first-order valence-electron chi connectivity index (χ1n) is 6.44. The molecule has 0 saturated carbocycles. The molecule has 0 aliphatic heterocycles. The summed E-state index contributed by atoms with van der Waals surface area (Å²) in [7, 11) is 0. The van der Waals surface area contributed by atoms with Gasteiger partial charge in [-0.05, 0) is 44.9 Å². The second kappa shape index (κ2) is 7.30. The number of halogens is 1. The number of carbonyl (C=O) groups is 1. The van der Waals surface area contributed by atoms with Crippen LogP contribution in [0.1, 0.15) is 45.2 Å². The summed E-state index contributed by atoms with van der Waals surface area (Å²) in [4.78, 5) is 11.9. The molecule has 1 amide bonds. The van der Waals surface area contributed by atoms with Crippen LogP contribution in [0.3, 0.4) is 0 Å². The number of rotatable bonds is 4. The molecule has 0 saturated heterocycles. The van der Waals surface area contributed by atoms with Gasteiger partial charge in [0.1, 0.15) is 5.60 Å². The zero-order valence-electron chi connectivity index (χ0n) is 11.9. The van der Waals surface area contributed by atoms with Crippen LogP contribution >= 0.6 is 15.9 Å². The molecule has 0 aliphatic carbocycles. The number of hydrogen-bond donors (Lipinski definition) is 1. The van der Waals surface area contributed by atoms with Gasteiger partial charge in [0.2, 0.25) is 0 Å². The lowest BCUT2D eigenvalue weighted by molar-refractivity contribution is 0.0501. The Labute approximate surface area is 128 Å². The van der Waals surface area contributed by atoms with E-state index in [1.807, 2.05) is 45.0 Å². The summed E-state index contributed by atoms with van der Waals surface area (Å²) < 4.78 is 6.19. The van der Waals surface area contributed by atoms with Crippen molar-refractivity contribution in [3.05, 3.63) is 34.3 Å². The van der Waals surface area contributed by atoms with E-state index >= 15 is 0 Å². The van der Waals surface area contributed by atoms with Gasteiger partial charge in [0, 0.05) is 10.9 Å². The summed E-state index contributed by atoms with van der Waals surface area (Å²) in [5, 5.41) is 11.6. The van der Waals surface area contributed by atoms with Crippen LogP contribution in [0.15, 0.2) is 28.7 Å². The van der Waals surface area contributed by atoms with Crippen molar-refractivity contribution in [2.24, 2.45) is 0 Å². The van der Waals surface area contributed by atoms with Gasteiger partial charge in [0.05, 0.1) is 12.1 Å². The maximum atomic E-state index is 11.9. The number of nitriles is 1. The zero-order valence-corrected chi connectivity index (χ0v) is 13.5. The minimum absolute atomic E-state index is 0.234. The number of nitrogens with zero attached hydrogens (tertiary/aromatic N) is 1. The molecule has 0 heterocycles. The van der Waals surface area contributed by atoms with Crippen LogP contribution in [0, 0.1) is 11.3 Å². The average molecular weight is 339 g/mol. The second-order valence-corrected chi connectivity index (χ2v) is 6.37. The molecule has 108 valence electrons. The van der Waals surface area contributed by atoms with Crippen molar-refractivity contribution < 1.29 is 9.53 Å². The third-order valence-corrected chi connectivity index (χ3v) is 2.98. The van der Waals surface area contributed by atoms with Gasteiger partial charge in [-0.3, -0.25) is 0 Å². The van der Waals surface area contributed by atoms with E-state index in [1.165, 1.54) is 0 Å². The normalized spacial score (nSPS) is 12.3. The second-order valence-electron chi connectivity index (χ2n) is 5.45. The molecule has 5 heteroatoms. The lowest BCUT2D eigenvalue weighted by Crippen LogP contribution is -2.35. The summed E-state index contributed by atoms with van der Waals surface area (Å²) in [6.07, 6.45) is 0.444. The van der Waals surface area contributed by atoms with Gasteiger partial charge in [0.25, 0.3) is 0 Å². The Balaban J connectivity index is 2.80. The molecule has 0 aromatic heterocycles. The van der Waals surface area contributed by atoms with Crippen LogP contribution in [0.5, 0.6) is 0 Å². The fraction of sp³-hybridized carbons (Fsp3) is 0.467. The van der Waals surface area contributed by atoms with E-state index in [9.17, 15) is 4.79 Å². The Morgan fingerprint density at radius 2 is 2.20 bits per heavy atom. The highest BCUT2D eigenvalue weighted by Crippen LogP contribution is 2.22. The van der Waals surface area contributed by atoms with E-state index < -0.39 is 11.7 Å². The number of ether oxygens (including phenoxy) is 1. The van der Waals surface area contributed by atoms with Crippen molar-refractivity contribution in [2.45, 2.75) is 45.3 Å². The summed E-state index contributed by atoms with van der Waals surface area (Å²) in [6.45, 7) is 5.45. The smallest absolute Gasteiger partial charge is 0.408 e. The minimum atomic E-state index is -0.541. The Hall–Kier alpha value is -1.54. The van der Waals surface area contributed by atoms with Crippen LogP contribution in [0.4, 0.5) is 4.79 Å². The van der Waals surface area contributed by atoms with Crippen LogP contribution in [0.25, 0.3) is 0 Å². The first-order chi connectivity index (χ1) is 9.31. The van der Waals surface area contributed by atoms with Gasteiger partial charge in [-0.15, -0.1) is 0 Å². The highest BCUT2D eigenvalue weighted by atomic mass is 79.9. The molecule has 0 radical (unpaired) electrons. The SMILES string of the molecule is CC(C)(C)OC(=O)N[C@@H](CCC#N)c1cccc(Br)c1. The molecule has 1 aromatic rings. The Morgan fingerprint density at radius 1 is 1.50 bits per heavy atom. The van der Waals surface area contributed by atoms with Gasteiger partial charge in [-0.25, -0.2) is 4.79 Å². The fourth-order valence-corrected chi connectivity index (χ4v) is 2.12. The largest absolute Gasteiger partial charge is 0.444 e. The van der Waals surface area contributed by atoms with E-state index in [2.05, 4.69) is 27.3 Å². The quantitative estimate of drug-likeness (QED) is 0.889. The van der Waals surface area contributed by atoms with Gasteiger partial charge in [-0.1, -0.05) is 28.1 Å². The highest BCUT2D eigenvalue weighted by Gasteiger charge is 2.20. The summed E-state index contributed by atoms with van der Waals surface area (Å²) in [5.41, 5.74) is 0.404. The molecule has 1 rings (SSSR count). The molecule has 0 spiro atoms. The Kier molecular flexibility index (Phi) is 6.03. The number of nitrogens with one attached hydrogen (secondary N) is 1. The van der Waals surface area contributed by atoms with E-state index in [1.54, 1.807) is 0 Å². The van der Waals surface area contributed by atoms with Crippen LogP contribution in [-0.2, 0) is 4.74 Å². The molecule has 1 atom stereocenters. The number of benzene rings is 1. The van der Waals surface area contributed by atoms with Crippen molar-refractivity contribution in [1.82, 2.24) is 5.32 Å². The fourth-order valence-electron chi connectivity index (χ4n) is 1.70. The summed E-state index contributed by atoms with van der Waals surface area (Å²) >= 11 is 3.40. The lowest BCUT2D eigenvalue weighted by Gasteiger charge is -2.23. The van der Waals surface area contributed by atoms with Crippen LogP contribution in [0.2, 0.25) is 0 Å². The molecular weight excluding hydrogens is 320 g/mol. The number of amides is 1. The predicted molar refractivity (Wildman–Crippen MR) is 81.1 cm³/mol. The zero-order chi connectivity index (χ0) is 15.2. The Bertz CT molecular complexity index is 503. The predicted octanol–water partition coefficient (Wildman–Crippen LogP) is 4.32. The first-order valence-corrected chi connectivity index (χ1v) is 7.23. The van der Waals surface area contributed by atoms with Crippen LogP contribution < -0.4 is 5.32 Å². The highest BCUT2D eigenvalue weighted by molar-refractivity contribution is 9.10. The monoisotopic (exact) mass is 338 g/mol. The molecule has 4 nitrogen and oxygen atoms in total. The van der Waals surface area contributed by atoms with Gasteiger partial charge >= 0.3 is 6.09 Å². The van der Waals surface area contributed by atoms with Gasteiger partial charge in [-0.2, -0.15) is 5.26 Å². The topological polar surface area (TPSA) is 62.1 Å².